The molecule has 0 bridgehead atoms. The Morgan fingerprint density at radius 3 is 2.22 bits per heavy atom. The number of anilines is 1. The normalized spacial score (nSPS) is 17.9. The van der Waals surface area contributed by atoms with Gasteiger partial charge in [-0.25, -0.2) is 24.0 Å². The number of hydrogen-bond acceptors (Lipinski definition) is 9. The number of ether oxygens (including phenoxy) is 2. The zero-order chi connectivity index (χ0) is 45.8. The molecule has 6 rings (SSSR count). The van der Waals surface area contributed by atoms with Crippen LogP contribution >= 0.6 is 11.6 Å². The fourth-order valence-electron chi connectivity index (χ4n) is 7.86. The summed E-state index contributed by atoms with van der Waals surface area (Å²) in [6.07, 6.45) is 3.21. The van der Waals surface area contributed by atoms with Crippen molar-refractivity contribution in [3.8, 4) is 22.4 Å². The van der Waals surface area contributed by atoms with Crippen molar-refractivity contribution >= 4 is 47.0 Å². The molecule has 0 unspecified atom stereocenters. The summed E-state index contributed by atoms with van der Waals surface area (Å²) in [6, 6.07) is 7.38. The number of carbonyl (C=O) groups is 5. The van der Waals surface area contributed by atoms with Gasteiger partial charge in [0.15, 0.2) is 24.0 Å². The van der Waals surface area contributed by atoms with Crippen molar-refractivity contribution in [3.05, 3.63) is 76.5 Å². The number of quaternary nitrogens is 1. The van der Waals surface area contributed by atoms with Crippen LogP contribution < -0.4 is 16.2 Å². The lowest BCUT2D eigenvalue weighted by Crippen LogP contribution is -2.58. The average Bonchev–Trinajstić information content (AvgIpc) is 3.80. The monoisotopic (exact) mass is 895 g/mol. The molecule has 2 aromatic carbocycles. The maximum Gasteiger partial charge on any atom is 0.426 e. The van der Waals surface area contributed by atoms with E-state index in [1.54, 1.807) is 49.3 Å². The summed E-state index contributed by atoms with van der Waals surface area (Å²) in [7, 11) is 5.02. The molecule has 4 aromatic rings. The predicted molar refractivity (Wildman–Crippen MR) is 229 cm³/mol. The van der Waals surface area contributed by atoms with Crippen LogP contribution in [0, 0.1) is 24.5 Å². The number of piperidine rings is 1. The van der Waals surface area contributed by atoms with Crippen molar-refractivity contribution in [1.29, 1.82) is 0 Å². The van der Waals surface area contributed by atoms with E-state index in [1.807, 2.05) is 7.05 Å². The van der Waals surface area contributed by atoms with Crippen molar-refractivity contribution in [2.75, 3.05) is 71.9 Å². The number of imidazole rings is 1. The second kappa shape index (κ2) is 19.2. The standard InChI is InChI=1S/C43H53ClF2N10O7/c1-26-32(23-48-55(26)18-21-62-7)29-10-11-31(37(46)36(29)45)34-24-47-38(52(34)5)39(58)49-28-8-9-30(33(44)22-28)41(60)54-16-14-53(15-17-54)40(59)27-12-19-56(6,20-13-27)25-35(57)50-51-42(61)63-43(2,3)4/h8-11,22-24,27H,12-21,25H2,1-7H3,(H2-,47,49,50,51,57,58,60,61)/p+1. The quantitative estimate of drug-likeness (QED) is 0.141. The molecule has 4 heterocycles. The topological polar surface area (TPSA) is 182 Å². The molecule has 0 saturated carbocycles. The van der Waals surface area contributed by atoms with Crippen molar-refractivity contribution in [3.63, 3.8) is 0 Å². The molecule has 0 spiro atoms. The molecule has 17 nitrogen and oxygen atoms in total. The van der Waals surface area contributed by atoms with Gasteiger partial charge in [-0.2, -0.15) is 5.10 Å². The Labute approximate surface area is 369 Å². The van der Waals surface area contributed by atoms with E-state index in [0.29, 0.717) is 81.0 Å². The molecule has 2 fully saturated rings. The van der Waals surface area contributed by atoms with Crippen LogP contribution in [-0.4, -0.2) is 136 Å². The number of nitrogens with zero attached hydrogens (tertiary/aromatic N) is 7. The van der Waals surface area contributed by atoms with Crippen LogP contribution in [0.25, 0.3) is 22.4 Å². The highest BCUT2D eigenvalue weighted by molar-refractivity contribution is 6.34. The molecule has 0 atom stereocenters. The molecule has 2 aliphatic heterocycles. The molecule has 5 amide bonds. The smallest absolute Gasteiger partial charge is 0.426 e. The molecule has 338 valence electrons. The molecule has 3 N–H and O–H groups in total. The first-order valence-corrected chi connectivity index (χ1v) is 21.0. The third-order valence-corrected chi connectivity index (χ3v) is 11.7. The van der Waals surface area contributed by atoms with Crippen LogP contribution in [0.15, 0.2) is 42.7 Å². The summed E-state index contributed by atoms with van der Waals surface area (Å²) in [6.45, 7) is 10.4. The van der Waals surface area contributed by atoms with Gasteiger partial charge in [0.2, 0.25) is 5.91 Å². The highest BCUT2D eigenvalue weighted by atomic mass is 35.5. The number of hydrazine groups is 1. The van der Waals surface area contributed by atoms with Crippen LogP contribution in [-0.2, 0) is 32.7 Å². The van der Waals surface area contributed by atoms with Gasteiger partial charge in [-0.1, -0.05) is 17.7 Å². The zero-order valence-corrected chi connectivity index (χ0v) is 37.3. The van der Waals surface area contributed by atoms with E-state index in [9.17, 15) is 24.0 Å². The number of methoxy groups -OCH3 is 1. The largest absolute Gasteiger partial charge is 0.443 e. The summed E-state index contributed by atoms with van der Waals surface area (Å²) in [5, 5.41) is 7.08. The van der Waals surface area contributed by atoms with Crippen molar-refractivity contribution in [2.24, 2.45) is 13.0 Å². The Morgan fingerprint density at radius 1 is 0.921 bits per heavy atom. The number of likely N-dealkylation sites (tertiary alicyclic amines) is 1. The van der Waals surface area contributed by atoms with E-state index < -0.39 is 29.2 Å². The Morgan fingerprint density at radius 2 is 1.57 bits per heavy atom. The van der Waals surface area contributed by atoms with Crippen LogP contribution in [0.2, 0.25) is 5.02 Å². The molecule has 0 radical (unpaired) electrons. The van der Waals surface area contributed by atoms with Gasteiger partial charge < -0.3 is 33.6 Å². The highest BCUT2D eigenvalue weighted by Gasteiger charge is 2.38. The molecule has 2 aliphatic rings. The lowest BCUT2D eigenvalue weighted by molar-refractivity contribution is -0.907. The number of benzene rings is 2. The number of rotatable bonds is 11. The fourth-order valence-corrected chi connectivity index (χ4v) is 8.12. The molecular weight excluding hydrogens is 842 g/mol. The first kappa shape index (κ1) is 46.6. The van der Waals surface area contributed by atoms with Gasteiger partial charge in [0.1, 0.15) is 5.60 Å². The molecule has 2 saturated heterocycles. The van der Waals surface area contributed by atoms with Crippen molar-refractivity contribution in [2.45, 2.75) is 52.7 Å². The minimum Gasteiger partial charge on any atom is -0.443 e. The van der Waals surface area contributed by atoms with Crippen molar-refractivity contribution in [1.82, 2.24) is 40.0 Å². The third kappa shape index (κ3) is 10.8. The number of halogens is 3. The fraction of sp³-hybridized carbons (Fsp3) is 0.465. The van der Waals surface area contributed by atoms with E-state index in [2.05, 4.69) is 26.3 Å². The van der Waals surface area contributed by atoms with E-state index >= 15 is 8.78 Å². The minimum atomic E-state index is -1.10. The molecule has 2 aromatic heterocycles. The predicted octanol–water partition coefficient (Wildman–Crippen LogP) is 4.79. The minimum absolute atomic E-state index is 0.0195. The molecule has 63 heavy (non-hydrogen) atoms. The Hall–Kier alpha value is -5.92. The SMILES string of the molecule is COCCn1ncc(-c2ccc(-c3cnc(C(=O)Nc4ccc(C(=O)N5CCN(C(=O)C6CC[N+](C)(CC(=O)NNC(=O)OC(C)(C)C)CC6)CC5)c(Cl)c4)n3C)c(F)c2F)c1C. The van der Waals surface area contributed by atoms with Crippen LogP contribution in [0.5, 0.6) is 0 Å². The van der Waals surface area contributed by atoms with Crippen LogP contribution in [0.3, 0.4) is 0 Å². The highest BCUT2D eigenvalue weighted by Crippen LogP contribution is 2.33. The lowest BCUT2D eigenvalue weighted by atomic mass is 9.93. The van der Waals surface area contributed by atoms with Crippen LogP contribution in [0.1, 0.15) is 60.3 Å². The molecule has 0 aliphatic carbocycles. The van der Waals surface area contributed by atoms with Gasteiger partial charge in [0.25, 0.3) is 17.7 Å². The summed E-state index contributed by atoms with van der Waals surface area (Å²) < 4.78 is 44.8. The van der Waals surface area contributed by atoms with Gasteiger partial charge in [0.05, 0.1) is 62.0 Å². The first-order chi connectivity index (χ1) is 29.8. The summed E-state index contributed by atoms with van der Waals surface area (Å²) in [5.74, 6) is -3.75. The number of carbonyl (C=O) groups excluding carboxylic acids is 5. The number of piperazine rings is 1. The summed E-state index contributed by atoms with van der Waals surface area (Å²) in [4.78, 5) is 72.4. The van der Waals surface area contributed by atoms with Crippen molar-refractivity contribution < 1.29 is 46.7 Å². The third-order valence-electron chi connectivity index (χ3n) is 11.4. The number of nitrogens with one attached hydrogen (secondary N) is 3. The Kier molecular flexibility index (Phi) is 14.2. The molecular formula is C43H54ClF2N10O7+. The number of hydrogen-bond donors (Lipinski definition) is 3. The van der Waals surface area contributed by atoms with Gasteiger partial charge in [-0.05, 0) is 52.0 Å². The molecule has 20 heteroatoms. The second-order valence-corrected chi connectivity index (χ2v) is 17.5. The summed E-state index contributed by atoms with van der Waals surface area (Å²) in [5.41, 5.74) is 5.70. The zero-order valence-electron chi connectivity index (χ0n) is 36.5. The first-order valence-electron chi connectivity index (χ1n) is 20.6. The Bertz CT molecular complexity index is 2380. The van der Waals surface area contributed by atoms with Gasteiger partial charge >= 0.3 is 6.09 Å². The van der Waals surface area contributed by atoms with Gasteiger partial charge in [-0.15, -0.1) is 0 Å². The number of amides is 5. The maximum absolute atomic E-state index is 15.6. The summed E-state index contributed by atoms with van der Waals surface area (Å²) >= 11 is 6.58. The van der Waals surface area contributed by atoms with E-state index in [4.69, 9.17) is 21.1 Å². The van der Waals surface area contributed by atoms with E-state index in [1.165, 1.54) is 54.3 Å². The lowest BCUT2D eigenvalue weighted by Gasteiger charge is -2.42. The van der Waals surface area contributed by atoms with E-state index in [-0.39, 0.29) is 69.1 Å². The average molecular weight is 896 g/mol. The maximum atomic E-state index is 15.6. The van der Waals surface area contributed by atoms with E-state index in [0.717, 1.165) is 0 Å². The van der Waals surface area contributed by atoms with Gasteiger partial charge in [0, 0.05) is 87.2 Å². The second-order valence-electron chi connectivity index (χ2n) is 17.1. The van der Waals surface area contributed by atoms with Crippen LogP contribution in [0.4, 0.5) is 19.3 Å². The van der Waals surface area contributed by atoms with Gasteiger partial charge in [-0.3, -0.25) is 29.3 Å². The number of aromatic nitrogens is 4. The number of likely N-dealkylation sites (N-methyl/N-ethyl adjacent to an activating group) is 1. The Balaban J connectivity index is 0.994.